The highest BCUT2D eigenvalue weighted by atomic mass is 35.5. The molecule has 1 nitrogen and oxygen atoms in total. The minimum Gasteiger partial charge on any atom is -0.319 e. The third kappa shape index (κ3) is 2.68. The van der Waals surface area contributed by atoms with Crippen molar-refractivity contribution in [1.29, 1.82) is 0 Å². The SMILES string of the molecule is CNCC1CC1c1ccccc1-c1ccc(Cl)cc1. The maximum atomic E-state index is 5.97. The van der Waals surface area contributed by atoms with E-state index in [1.807, 2.05) is 19.2 Å². The molecule has 0 radical (unpaired) electrons. The molecule has 0 aliphatic heterocycles. The van der Waals surface area contributed by atoms with E-state index in [-0.39, 0.29) is 0 Å². The van der Waals surface area contributed by atoms with Crippen molar-refractivity contribution in [2.24, 2.45) is 5.92 Å². The molecule has 0 amide bonds. The highest BCUT2D eigenvalue weighted by molar-refractivity contribution is 6.30. The molecule has 2 heteroatoms. The zero-order valence-electron chi connectivity index (χ0n) is 11.1. The van der Waals surface area contributed by atoms with Gasteiger partial charge >= 0.3 is 0 Å². The molecule has 2 aromatic carbocycles. The first-order valence-electron chi connectivity index (χ1n) is 6.79. The van der Waals surface area contributed by atoms with Crippen molar-refractivity contribution in [2.75, 3.05) is 13.6 Å². The van der Waals surface area contributed by atoms with Crippen LogP contribution in [-0.2, 0) is 0 Å². The summed E-state index contributed by atoms with van der Waals surface area (Å²) in [5, 5.41) is 4.07. The van der Waals surface area contributed by atoms with E-state index in [9.17, 15) is 0 Å². The second-order valence-corrected chi connectivity index (χ2v) is 5.69. The number of hydrogen-bond acceptors (Lipinski definition) is 1. The predicted molar refractivity (Wildman–Crippen MR) is 81.7 cm³/mol. The van der Waals surface area contributed by atoms with Gasteiger partial charge in [-0.25, -0.2) is 0 Å². The smallest absolute Gasteiger partial charge is 0.0406 e. The van der Waals surface area contributed by atoms with Crippen LogP contribution in [0.5, 0.6) is 0 Å². The highest BCUT2D eigenvalue weighted by Crippen LogP contribution is 2.49. The molecule has 0 heterocycles. The molecule has 0 spiro atoms. The molecule has 1 N–H and O–H groups in total. The summed E-state index contributed by atoms with van der Waals surface area (Å²) in [5.41, 5.74) is 4.09. The van der Waals surface area contributed by atoms with Gasteiger partial charge in [0.15, 0.2) is 0 Å². The molecule has 0 saturated heterocycles. The van der Waals surface area contributed by atoms with Crippen LogP contribution in [0.4, 0.5) is 0 Å². The van der Waals surface area contributed by atoms with Gasteiger partial charge in [-0.3, -0.25) is 0 Å². The van der Waals surface area contributed by atoms with Gasteiger partial charge < -0.3 is 5.32 Å². The van der Waals surface area contributed by atoms with Crippen LogP contribution in [0.25, 0.3) is 11.1 Å². The average molecular weight is 272 g/mol. The molecule has 1 aliphatic carbocycles. The number of halogens is 1. The van der Waals surface area contributed by atoms with Gasteiger partial charge in [0.25, 0.3) is 0 Å². The van der Waals surface area contributed by atoms with E-state index in [4.69, 9.17) is 11.6 Å². The molecule has 2 unspecified atom stereocenters. The maximum Gasteiger partial charge on any atom is 0.0406 e. The van der Waals surface area contributed by atoms with Crippen molar-refractivity contribution in [3.05, 3.63) is 59.1 Å². The van der Waals surface area contributed by atoms with Crippen molar-refractivity contribution in [1.82, 2.24) is 5.32 Å². The molecule has 1 saturated carbocycles. The normalized spacial score (nSPS) is 21.4. The van der Waals surface area contributed by atoms with Crippen LogP contribution in [0, 0.1) is 5.92 Å². The van der Waals surface area contributed by atoms with E-state index in [2.05, 4.69) is 41.7 Å². The molecule has 1 aliphatic rings. The fraction of sp³-hybridized carbons (Fsp3) is 0.294. The van der Waals surface area contributed by atoms with Crippen molar-refractivity contribution >= 4 is 11.6 Å². The van der Waals surface area contributed by atoms with Gasteiger partial charge in [-0.15, -0.1) is 0 Å². The van der Waals surface area contributed by atoms with Crippen molar-refractivity contribution in [3.8, 4) is 11.1 Å². The summed E-state index contributed by atoms with van der Waals surface area (Å²) in [6.07, 6.45) is 1.30. The molecule has 2 atom stereocenters. The van der Waals surface area contributed by atoms with Crippen molar-refractivity contribution in [2.45, 2.75) is 12.3 Å². The largest absolute Gasteiger partial charge is 0.319 e. The van der Waals surface area contributed by atoms with Gasteiger partial charge in [-0.1, -0.05) is 48.0 Å². The van der Waals surface area contributed by atoms with Crippen LogP contribution in [0.15, 0.2) is 48.5 Å². The van der Waals surface area contributed by atoms with Crippen LogP contribution in [-0.4, -0.2) is 13.6 Å². The second-order valence-electron chi connectivity index (χ2n) is 5.25. The Morgan fingerprint density at radius 1 is 1.11 bits per heavy atom. The lowest BCUT2D eigenvalue weighted by molar-refractivity contribution is 0.698. The standard InChI is InChI=1S/C17H18ClN/c1-19-11-13-10-17(13)16-5-3-2-4-15(16)12-6-8-14(18)9-7-12/h2-9,13,17,19H,10-11H2,1H3. The van der Waals surface area contributed by atoms with E-state index < -0.39 is 0 Å². The molecule has 98 valence electrons. The Balaban J connectivity index is 1.92. The Morgan fingerprint density at radius 2 is 1.84 bits per heavy atom. The van der Waals surface area contributed by atoms with Gasteiger partial charge in [0.05, 0.1) is 0 Å². The van der Waals surface area contributed by atoms with Crippen LogP contribution >= 0.6 is 11.6 Å². The molecular formula is C17H18ClN. The number of nitrogens with one attached hydrogen (secondary N) is 1. The first-order chi connectivity index (χ1) is 9.29. The Morgan fingerprint density at radius 3 is 2.58 bits per heavy atom. The predicted octanol–water partition coefficient (Wildman–Crippen LogP) is 4.33. The molecule has 2 aromatic rings. The molecular weight excluding hydrogens is 254 g/mol. The van der Waals surface area contributed by atoms with E-state index in [1.54, 1.807) is 0 Å². The second kappa shape index (κ2) is 5.36. The molecule has 3 rings (SSSR count). The lowest BCUT2D eigenvalue weighted by atomic mass is 9.96. The van der Waals surface area contributed by atoms with E-state index >= 15 is 0 Å². The molecule has 19 heavy (non-hydrogen) atoms. The van der Waals surface area contributed by atoms with Gasteiger partial charge in [0.1, 0.15) is 0 Å². The minimum absolute atomic E-state index is 0.708. The molecule has 0 bridgehead atoms. The third-order valence-electron chi connectivity index (χ3n) is 3.90. The van der Waals surface area contributed by atoms with Gasteiger partial charge in [-0.05, 0) is 60.7 Å². The van der Waals surface area contributed by atoms with Gasteiger partial charge in [0.2, 0.25) is 0 Å². The monoisotopic (exact) mass is 271 g/mol. The summed E-state index contributed by atoms with van der Waals surface area (Å²) in [6, 6.07) is 16.9. The molecule has 0 aromatic heterocycles. The van der Waals surface area contributed by atoms with Gasteiger partial charge in [-0.2, -0.15) is 0 Å². The van der Waals surface area contributed by atoms with Crippen LogP contribution in [0.2, 0.25) is 5.02 Å². The summed E-state index contributed by atoms with van der Waals surface area (Å²) in [7, 11) is 2.03. The average Bonchev–Trinajstić information content (AvgIpc) is 3.19. The first kappa shape index (κ1) is 12.7. The minimum atomic E-state index is 0.708. The van der Waals surface area contributed by atoms with Crippen LogP contribution in [0.3, 0.4) is 0 Å². The fourth-order valence-corrected chi connectivity index (χ4v) is 2.95. The quantitative estimate of drug-likeness (QED) is 0.873. The summed E-state index contributed by atoms with van der Waals surface area (Å²) >= 11 is 5.97. The summed E-state index contributed by atoms with van der Waals surface area (Å²) in [6.45, 7) is 1.11. The fourth-order valence-electron chi connectivity index (χ4n) is 2.83. The van der Waals surface area contributed by atoms with Crippen molar-refractivity contribution in [3.63, 3.8) is 0 Å². The van der Waals surface area contributed by atoms with E-state index in [0.717, 1.165) is 17.5 Å². The number of benzene rings is 2. The summed E-state index contributed by atoms with van der Waals surface area (Å²) in [5.74, 6) is 1.50. The van der Waals surface area contributed by atoms with E-state index in [1.165, 1.54) is 23.1 Å². The highest BCUT2D eigenvalue weighted by Gasteiger charge is 2.38. The van der Waals surface area contributed by atoms with Gasteiger partial charge in [0, 0.05) is 5.02 Å². The third-order valence-corrected chi connectivity index (χ3v) is 4.16. The van der Waals surface area contributed by atoms with E-state index in [0.29, 0.717) is 5.92 Å². The van der Waals surface area contributed by atoms with Crippen LogP contribution < -0.4 is 5.32 Å². The lowest BCUT2D eigenvalue weighted by Gasteiger charge is -2.10. The summed E-state index contributed by atoms with van der Waals surface area (Å²) in [4.78, 5) is 0. The Labute approximate surface area is 119 Å². The molecule has 1 fully saturated rings. The zero-order valence-corrected chi connectivity index (χ0v) is 11.8. The maximum absolute atomic E-state index is 5.97. The van der Waals surface area contributed by atoms with Crippen LogP contribution in [0.1, 0.15) is 17.9 Å². The Hall–Kier alpha value is -1.31. The lowest BCUT2D eigenvalue weighted by Crippen LogP contribution is -2.10. The Kier molecular flexibility index (Phi) is 3.58. The van der Waals surface area contributed by atoms with Crippen molar-refractivity contribution < 1.29 is 0 Å². The number of rotatable bonds is 4. The summed E-state index contributed by atoms with van der Waals surface area (Å²) < 4.78 is 0. The topological polar surface area (TPSA) is 12.0 Å². The first-order valence-corrected chi connectivity index (χ1v) is 7.17. The Bertz CT molecular complexity index is 562. The number of hydrogen-bond donors (Lipinski definition) is 1. The zero-order chi connectivity index (χ0) is 13.2.